The molecule has 3 aliphatic rings. The van der Waals surface area contributed by atoms with Gasteiger partial charge in [-0.1, -0.05) is 0 Å². The topological polar surface area (TPSA) is 59.1 Å². The molecular weight excluding hydrogens is 358 g/mol. The number of ether oxygens (including phenoxy) is 2. The molecule has 0 aliphatic carbocycles. The summed E-state index contributed by atoms with van der Waals surface area (Å²) >= 11 is 0. The lowest BCUT2D eigenvalue weighted by Gasteiger charge is -2.45. The molecule has 0 saturated carbocycles. The fourth-order valence-corrected chi connectivity index (χ4v) is 4.04. The monoisotopic (exact) mass is 380 g/mol. The van der Waals surface area contributed by atoms with Gasteiger partial charge in [0.25, 0.3) is 5.91 Å². The Morgan fingerprint density at radius 1 is 1.19 bits per heavy atom. The maximum Gasteiger partial charge on any atom is 0.410 e. The van der Waals surface area contributed by atoms with Crippen molar-refractivity contribution < 1.29 is 27.8 Å². The van der Waals surface area contributed by atoms with Crippen molar-refractivity contribution >= 4 is 12.0 Å². The van der Waals surface area contributed by atoms with Gasteiger partial charge in [0.15, 0.2) is 5.60 Å². The van der Waals surface area contributed by atoms with E-state index in [4.69, 9.17) is 9.47 Å². The molecule has 2 atom stereocenters. The standard InChI is InChI=1S/C19H22F2N2O4/c1-18(2,3)27-17(25)22-9-19(10-22)16(24)23-14(4-5-15(23)26-19)11-6-12(20)8-13(21)7-11/h6-8,14-15H,4-5,9-10H2,1-3H3/t14-,15+/m0/s1. The van der Waals surface area contributed by atoms with Gasteiger partial charge in [-0.2, -0.15) is 0 Å². The van der Waals surface area contributed by atoms with Crippen LogP contribution in [0.3, 0.4) is 0 Å². The maximum atomic E-state index is 13.6. The summed E-state index contributed by atoms with van der Waals surface area (Å²) in [7, 11) is 0. The quantitative estimate of drug-likeness (QED) is 0.752. The Morgan fingerprint density at radius 2 is 1.81 bits per heavy atom. The van der Waals surface area contributed by atoms with Gasteiger partial charge in [-0.05, 0) is 51.3 Å². The normalized spacial score (nSPS) is 26.3. The van der Waals surface area contributed by atoms with Crippen molar-refractivity contribution in [3.05, 3.63) is 35.4 Å². The smallest absolute Gasteiger partial charge is 0.410 e. The summed E-state index contributed by atoms with van der Waals surface area (Å²) in [5, 5.41) is 0. The predicted molar refractivity (Wildman–Crippen MR) is 90.6 cm³/mol. The lowest BCUT2D eigenvalue weighted by Crippen LogP contribution is -2.68. The zero-order chi connectivity index (χ0) is 19.6. The second kappa shape index (κ2) is 5.89. The van der Waals surface area contributed by atoms with E-state index in [2.05, 4.69) is 0 Å². The summed E-state index contributed by atoms with van der Waals surface area (Å²) in [6.45, 7) is 5.57. The van der Waals surface area contributed by atoms with Crippen LogP contribution in [0.4, 0.5) is 13.6 Å². The number of carbonyl (C=O) groups excluding carboxylic acids is 2. The first kappa shape index (κ1) is 18.2. The maximum absolute atomic E-state index is 13.6. The summed E-state index contributed by atoms with van der Waals surface area (Å²) in [5.74, 6) is -1.58. The van der Waals surface area contributed by atoms with Crippen molar-refractivity contribution in [1.82, 2.24) is 9.80 Å². The highest BCUT2D eigenvalue weighted by Crippen LogP contribution is 2.47. The largest absolute Gasteiger partial charge is 0.444 e. The van der Waals surface area contributed by atoms with Crippen molar-refractivity contribution in [3.63, 3.8) is 0 Å². The van der Waals surface area contributed by atoms with Crippen LogP contribution in [0.25, 0.3) is 0 Å². The fourth-order valence-electron chi connectivity index (χ4n) is 4.04. The van der Waals surface area contributed by atoms with E-state index in [1.54, 1.807) is 25.7 Å². The van der Waals surface area contributed by atoms with Crippen molar-refractivity contribution in [2.24, 2.45) is 0 Å². The summed E-state index contributed by atoms with van der Waals surface area (Å²) in [6, 6.07) is 2.89. The molecule has 6 nitrogen and oxygen atoms in total. The number of amides is 2. The number of fused-ring (bicyclic) bond motifs is 1. The van der Waals surface area contributed by atoms with E-state index in [9.17, 15) is 18.4 Å². The molecule has 3 aliphatic heterocycles. The minimum atomic E-state index is -1.08. The molecule has 146 valence electrons. The summed E-state index contributed by atoms with van der Waals surface area (Å²) in [6.07, 6.45) is 0.239. The molecule has 8 heteroatoms. The number of hydrogen-bond acceptors (Lipinski definition) is 4. The van der Waals surface area contributed by atoms with Gasteiger partial charge in [-0.3, -0.25) is 4.79 Å². The third-order valence-corrected chi connectivity index (χ3v) is 5.13. The minimum absolute atomic E-state index is 0.123. The van der Waals surface area contributed by atoms with Gasteiger partial charge < -0.3 is 19.3 Å². The molecule has 4 rings (SSSR count). The van der Waals surface area contributed by atoms with Gasteiger partial charge >= 0.3 is 6.09 Å². The summed E-state index contributed by atoms with van der Waals surface area (Å²) < 4.78 is 38.5. The van der Waals surface area contributed by atoms with Crippen molar-refractivity contribution in [2.75, 3.05) is 13.1 Å². The molecule has 1 spiro atoms. The number of benzene rings is 1. The van der Waals surface area contributed by atoms with Crippen LogP contribution in [0, 0.1) is 11.6 Å². The second-order valence-electron chi connectivity index (χ2n) is 8.41. The molecule has 3 saturated heterocycles. The van der Waals surface area contributed by atoms with E-state index in [1.165, 1.54) is 17.0 Å². The van der Waals surface area contributed by atoms with E-state index in [0.29, 0.717) is 18.4 Å². The number of likely N-dealkylation sites (tertiary alicyclic amines) is 1. The van der Waals surface area contributed by atoms with Gasteiger partial charge in [0, 0.05) is 6.07 Å². The van der Waals surface area contributed by atoms with Gasteiger partial charge in [-0.15, -0.1) is 0 Å². The van der Waals surface area contributed by atoms with Crippen molar-refractivity contribution in [2.45, 2.75) is 57.1 Å². The molecule has 0 bridgehead atoms. The first-order chi connectivity index (χ1) is 12.6. The van der Waals surface area contributed by atoms with Crippen LogP contribution < -0.4 is 0 Å². The number of rotatable bonds is 1. The zero-order valence-corrected chi connectivity index (χ0v) is 15.5. The van der Waals surface area contributed by atoms with Crippen LogP contribution in [0.2, 0.25) is 0 Å². The molecule has 27 heavy (non-hydrogen) atoms. The molecule has 0 unspecified atom stereocenters. The molecular formula is C19H22F2N2O4. The van der Waals surface area contributed by atoms with Crippen LogP contribution in [0.5, 0.6) is 0 Å². The van der Waals surface area contributed by atoms with Crippen LogP contribution >= 0.6 is 0 Å². The Kier molecular flexibility index (Phi) is 3.96. The van der Waals surface area contributed by atoms with E-state index in [0.717, 1.165) is 6.07 Å². The first-order valence-corrected chi connectivity index (χ1v) is 9.02. The molecule has 3 heterocycles. The van der Waals surface area contributed by atoms with Crippen LogP contribution in [-0.4, -0.2) is 52.3 Å². The van der Waals surface area contributed by atoms with Crippen molar-refractivity contribution in [3.8, 4) is 0 Å². The average molecular weight is 380 g/mol. The zero-order valence-electron chi connectivity index (χ0n) is 15.5. The van der Waals surface area contributed by atoms with Gasteiger partial charge in [0.05, 0.1) is 19.1 Å². The molecule has 0 radical (unpaired) electrons. The summed E-state index contributed by atoms with van der Waals surface area (Å²) in [5.41, 5.74) is -1.27. The van der Waals surface area contributed by atoms with E-state index >= 15 is 0 Å². The van der Waals surface area contributed by atoms with E-state index in [1.807, 2.05) is 0 Å². The van der Waals surface area contributed by atoms with E-state index < -0.39 is 41.2 Å². The van der Waals surface area contributed by atoms with Crippen LogP contribution in [0.1, 0.15) is 45.2 Å². The average Bonchev–Trinajstić information content (AvgIpc) is 3.01. The highest BCUT2D eigenvalue weighted by atomic mass is 19.1. The predicted octanol–water partition coefficient (Wildman–Crippen LogP) is 2.97. The number of halogens is 2. The third-order valence-electron chi connectivity index (χ3n) is 5.13. The van der Waals surface area contributed by atoms with Gasteiger partial charge in [0.1, 0.15) is 23.5 Å². The van der Waals surface area contributed by atoms with Gasteiger partial charge in [0.2, 0.25) is 0 Å². The minimum Gasteiger partial charge on any atom is -0.444 e. The third kappa shape index (κ3) is 3.05. The van der Waals surface area contributed by atoms with E-state index in [-0.39, 0.29) is 19.0 Å². The van der Waals surface area contributed by atoms with Gasteiger partial charge in [-0.25, -0.2) is 13.6 Å². The lowest BCUT2D eigenvalue weighted by atomic mass is 9.92. The molecule has 3 fully saturated rings. The molecule has 0 N–H and O–H groups in total. The Bertz CT molecular complexity index is 781. The van der Waals surface area contributed by atoms with Crippen molar-refractivity contribution in [1.29, 1.82) is 0 Å². The first-order valence-electron chi connectivity index (χ1n) is 9.02. The molecule has 2 amide bonds. The Hall–Kier alpha value is -2.22. The fraction of sp³-hybridized carbons (Fsp3) is 0.579. The molecule has 0 aromatic heterocycles. The Balaban J connectivity index is 1.49. The van der Waals surface area contributed by atoms with Crippen LogP contribution in [0.15, 0.2) is 18.2 Å². The Labute approximate surface area is 156 Å². The SMILES string of the molecule is CC(C)(C)OC(=O)N1CC2(C1)O[C@@H]1CC[C@@H](c3cc(F)cc(F)c3)N1C2=O. The molecule has 1 aromatic rings. The number of carbonyl (C=O) groups is 2. The van der Waals surface area contributed by atoms with Crippen LogP contribution in [-0.2, 0) is 14.3 Å². The highest BCUT2D eigenvalue weighted by Gasteiger charge is 2.64. The number of nitrogens with zero attached hydrogens (tertiary/aromatic N) is 2. The highest BCUT2D eigenvalue weighted by molar-refractivity contribution is 5.91. The summed E-state index contributed by atoms with van der Waals surface area (Å²) in [4.78, 5) is 28.2. The molecule has 1 aromatic carbocycles. The lowest BCUT2D eigenvalue weighted by molar-refractivity contribution is -0.157. The Morgan fingerprint density at radius 3 is 2.41 bits per heavy atom. The second-order valence-corrected chi connectivity index (χ2v) is 8.41. The number of hydrogen-bond donors (Lipinski definition) is 0.